The lowest BCUT2D eigenvalue weighted by molar-refractivity contribution is 0.0416. The summed E-state index contributed by atoms with van der Waals surface area (Å²) in [6.45, 7) is 19.6. The van der Waals surface area contributed by atoms with Crippen molar-refractivity contribution in [3.05, 3.63) is 0 Å². The minimum Gasteiger partial charge on any atom is -0.383 e. The van der Waals surface area contributed by atoms with E-state index in [9.17, 15) is 0 Å². The first-order valence-corrected chi connectivity index (χ1v) is 12.1. The first-order chi connectivity index (χ1) is 14.8. The van der Waals surface area contributed by atoms with Crippen LogP contribution in [0.3, 0.4) is 0 Å². The molecule has 0 aromatic carbocycles. The van der Waals surface area contributed by atoms with Crippen LogP contribution in [-0.4, -0.2) is 150 Å². The van der Waals surface area contributed by atoms with Crippen LogP contribution in [0.5, 0.6) is 0 Å². The van der Waals surface area contributed by atoms with Gasteiger partial charge >= 0.3 is 0 Å². The van der Waals surface area contributed by atoms with Gasteiger partial charge in [0.05, 0.1) is 33.0 Å². The van der Waals surface area contributed by atoms with Crippen molar-refractivity contribution in [3.8, 4) is 0 Å². The SMILES string of the molecule is CCNCCOCCN1C[C@@H]2C[C@H]1CN2CCOCCN1CCN(CCOC)CC1. The van der Waals surface area contributed by atoms with Gasteiger partial charge in [-0.1, -0.05) is 6.92 Å². The van der Waals surface area contributed by atoms with Crippen LogP contribution in [0, 0.1) is 0 Å². The van der Waals surface area contributed by atoms with Gasteiger partial charge < -0.3 is 19.5 Å². The van der Waals surface area contributed by atoms with Gasteiger partial charge in [0, 0.05) is 91.2 Å². The van der Waals surface area contributed by atoms with E-state index in [-0.39, 0.29) is 0 Å². The summed E-state index contributed by atoms with van der Waals surface area (Å²) in [6, 6.07) is 1.45. The van der Waals surface area contributed by atoms with Gasteiger partial charge in [0.2, 0.25) is 0 Å². The fourth-order valence-corrected chi connectivity index (χ4v) is 4.92. The van der Waals surface area contributed by atoms with Crippen molar-refractivity contribution >= 4 is 0 Å². The van der Waals surface area contributed by atoms with E-state index in [1.54, 1.807) is 7.11 Å². The van der Waals surface area contributed by atoms with E-state index in [4.69, 9.17) is 14.2 Å². The highest BCUT2D eigenvalue weighted by Gasteiger charge is 2.42. The number of piperazine rings is 2. The molecule has 0 radical (unpaired) electrons. The van der Waals surface area contributed by atoms with Crippen LogP contribution in [0.25, 0.3) is 0 Å². The molecular formula is C22H45N5O3. The smallest absolute Gasteiger partial charge is 0.0594 e. The molecule has 0 spiro atoms. The number of fused-ring (bicyclic) bond motifs is 2. The number of hydrogen-bond acceptors (Lipinski definition) is 8. The molecular weight excluding hydrogens is 382 g/mol. The average molecular weight is 428 g/mol. The molecule has 0 aromatic rings. The van der Waals surface area contributed by atoms with Crippen LogP contribution in [-0.2, 0) is 14.2 Å². The van der Waals surface area contributed by atoms with Crippen LogP contribution in [0.2, 0.25) is 0 Å². The standard InChI is InChI=1S/C22H45N5O3/c1-3-23-4-13-29-16-11-26-19-22-18-21(26)20-27(22)12-17-30-15-10-25-7-5-24(6-8-25)9-14-28-2/h21-23H,3-20H2,1-2H3/t21-,22-/m0/s1. The van der Waals surface area contributed by atoms with E-state index in [2.05, 4.69) is 31.8 Å². The molecule has 176 valence electrons. The predicted octanol–water partition coefficient (Wildman–Crippen LogP) is -0.348. The number of nitrogens with zero attached hydrogens (tertiary/aromatic N) is 4. The molecule has 8 nitrogen and oxygen atoms in total. The lowest BCUT2D eigenvalue weighted by Gasteiger charge is -2.35. The Hall–Kier alpha value is -0.320. The zero-order chi connectivity index (χ0) is 21.0. The second kappa shape index (κ2) is 14.0. The summed E-state index contributed by atoms with van der Waals surface area (Å²) in [7, 11) is 1.78. The largest absolute Gasteiger partial charge is 0.383 e. The summed E-state index contributed by atoms with van der Waals surface area (Å²) < 4.78 is 16.9. The van der Waals surface area contributed by atoms with Gasteiger partial charge in [0.1, 0.15) is 0 Å². The van der Waals surface area contributed by atoms with Crippen molar-refractivity contribution in [2.75, 3.05) is 119 Å². The number of methoxy groups -OCH3 is 1. The minimum absolute atomic E-state index is 0.723. The molecule has 0 aromatic heterocycles. The Morgan fingerprint density at radius 3 is 1.80 bits per heavy atom. The molecule has 3 aliphatic heterocycles. The lowest BCUT2D eigenvalue weighted by Crippen LogP contribution is -2.48. The number of ether oxygens (including phenoxy) is 3. The Bertz CT molecular complexity index is 450. The third kappa shape index (κ3) is 7.98. The van der Waals surface area contributed by atoms with Crippen molar-refractivity contribution < 1.29 is 14.2 Å². The number of likely N-dealkylation sites (tertiary alicyclic amines) is 2. The highest BCUT2D eigenvalue weighted by molar-refractivity contribution is 4.99. The Morgan fingerprint density at radius 1 is 0.733 bits per heavy atom. The zero-order valence-corrected chi connectivity index (χ0v) is 19.4. The van der Waals surface area contributed by atoms with Crippen LogP contribution < -0.4 is 5.32 Å². The second-order valence-electron chi connectivity index (χ2n) is 8.79. The topological polar surface area (TPSA) is 52.7 Å². The lowest BCUT2D eigenvalue weighted by atomic mass is 10.2. The molecule has 2 bridgehead atoms. The molecule has 3 fully saturated rings. The highest BCUT2D eigenvalue weighted by Crippen LogP contribution is 2.29. The number of rotatable bonds is 16. The quantitative estimate of drug-likeness (QED) is 0.336. The van der Waals surface area contributed by atoms with Gasteiger partial charge in [-0.3, -0.25) is 19.6 Å². The fraction of sp³-hybridized carbons (Fsp3) is 1.00. The Morgan fingerprint density at radius 2 is 1.27 bits per heavy atom. The second-order valence-corrected chi connectivity index (χ2v) is 8.79. The molecule has 0 saturated carbocycles. The van der Waals surface area contributed by atoms with Crippen molar-refractivity contribution in [3.63, 3.8) is 0 Å². The van der Waals surface area contributed by atoms with Crippen molar-refractivity contribution in [2.45, 2.75) is 25.4 Å². The maximum Gasteiger partial charge on any atom is 0.0594 e. The van der Waals surface area contributed by atoms with E-state index in [0.717, 1.165) is 111 Å². The predicted molar refractivity (Wildman–Crippen MR) is 120 cm³/mol. The van der Waals surface area contributed by atoms with E-state index in [1.807, 2.05) is 0 Å². The molecule has 3 heterocycles. The van der Waals surface area contributed by atoms with Crippen molar-refractivity contribution in [1.82, 2.24) is 24.9 Å². The van der Waals surface area contributed by atoms with E-state index >= 15 is 0 Å². The fourth-order valence-electron chi connectivity index (χ4n) is 4.92. The van der Waals surface area contributed by atoms with Gasteiger partial charge in [0.25, 0.3) is 0 Å². The van der Waals surface area contributed by atoms with Crippen LogP contribution in [0.15, 0.2) is 0 Å². The van der Waals surface area contributed by atoms with Gasteiger partial charge in [-0.25, -0.2) is 0 Å². The molecule has 2 atom stereocenters. The number of likely N-dealkylation sites (N-methyl/N-ethyl adjacent to an activating group) is 1. The molecule has 3 aliphatic rings. The van der Waals surface area contributed by atoms with E-state index in [0.29, 0.717) is 0 Å². The number of nitrogens with one attached hydrogen (secondary N) is 1. The van der Waals surface area contributed by atoms with Gasteiger partial charge in [-0.2, -0.15) is 0 Å². The normalized spacial score (nSPS) is 26.2. The molecule has 3 rings (SSSR count). The van der Waals surface area contributed by atoms with E-state index < -0.39 is 0 Å². The summed E-state index contributed by atoms with van der Waals surface area (Å²) >= 11 is 0. The Labute approximate surface area is 183 Å². The summed E-state index contributed by atoms with van der Waals surface area (Å²) in [5.41, 5.74) is 0. The summed E-state index contributed by atoms with van der Waals surface area (Å²) in [4.78, 5) is 10.3. The molecule has 0 unspecified atom stereocenters. The molecule has 0 aliphatic carbocycles. The Kier molecular flexibility index (Phi) is 11.3. The first kappa shape index (κ1) is 24.3. The zero-order valence-electron chi connectivity index (χ0n) is 19.4. The monoisotopic (exact) mass is 427 g/mol. The summed E-state index contributed by atoms with van der Waals surface area (Å²) in [5, 5.41) is 3.30. The highest BCUT2D eigenvalue weighted by atomic mass is 16.5. The van der Waals surface area contributed by atoms with Gasteiger partial charge in [-0.15, -0.1) is 0 Å². The van der Waals surface area contributed by atoms with Gasteiger partial charge in [0.15, 0.2) is 0 Å². The third-order valence-electron chi connectivity index (χ3n) is 6.81. The third-order valence-corrected chi connectivity index (χ3v) is 6.81. The first-order valence-electron chi connectivity index (χ1n) is 12.1. The minimum atomic E-state index is 0.723. The maximum atomic E-state index is 5.98. The summed E-state index contributed by atoms with van der Waals surface area (Å²) in [5.74, 6) is 0. The van der Waals surface area contributed by atoms with Crippen LogP contribution in [0.4, 0.5) is 0 Å². The molecule has 3 saturated heterocycles. The summed E-state index contributed by atoms with van der Waals surface area (Å²) in [6.07, 6.45) is 1.32. The molecule has 0 amide bonds. The Balaban J connectivity index is 1.16. The van der Waals surface area contributed by atoms with Crippen LogP contribution in [0.1, 0.15) is 13.3 Å². The average Bonchev–Trinajstić information content (AvgIpc) is 3.35. The maximum absolute atomic E-state index is 5.98. The van der Waals surface area contributed by atoms with Crippen molar-refractivity contribution in [1.29, 1.82) is 0 Å². The molecule has 1 N–H and O–H groups in total. The number of hydrogen-bond donors (Lipinski definition) is 1. The van der Waals surface area contributed by atoms with Crippen LogP contribution >= 0.6 is 0 Å². The van der Waals surface area contributed by atoms with Crippen molar-refractivity contribution in [2.24, 2.45) is 0 Å². The van der Waals surface area contributed by atoms with E-state index in [1.165, 1.54) is 19.5 Å². The molecule has 30 heavy (non-hydrogen) atoms. The molecule has 8 heteroatoms. The van der Waals surface area contributed by atoms with Gasteiger partial charge in [-0.05, 0) is 13.0 Å².